The number of ether oxygens (including phenoxy) is 2. The Kier molecular flexibility index (Phi) is 7.82. The molecule has 0 heterocycles. The Morgan fingerprint density at radius 2 is 2.00 bits per heavy atom. The summed E-state index contributed by atoms with van der Waals surface area (Å²) >= 11 is 0. The predicted molar refractivity (Wildman–Crippen MR) is 70.1 cm³/mol. The lowest BCUT2D eigenvalue weighted by atomic mass is 10.0. The van der Waals surface area contributed by atoms with Crippen molar-refractivity contribution in [2.24, 2.45) is 0 Å². The first-order valence-corrected chi connectivity index (χ1v) is 6.10. The Morgan fingerprint density at radius 1 is 1.22 bits per heavy atom. The molecule has 0 radical (unpaired) electrons. The van der Waals surface area contributed by atoms with Crippen molar-refractivity contribution >= 4 is 0 Å². The van der Waals surface area contributed by atoms with Crippen molar-refractivity contribution in [3.63, 3.8) is 0 Å². The maximum atomic E-state index is 8.83. The molecule has 1 unspecified atom stereocenters. The summed E-state index contributed by atoms with van der Waals surface area (Å²) in [6.07, 6.45) is 0.460. The van der Waals surface area contributed by atoms with E-state index in [0.717, 1.165) is 12.1 Å². The molecule has 0 spiro atoms. The van der Waals surface area contributed by atoms with Gasteiger partial charge in [0.05, 0.1) is 32.3 Å². The van der Waals surface area contributed by atoms with E-state index in [9.17, 15) is 0 Å². The van der Waals surface area contributed by atoms with Crippen molar-refractivity contribution < 1.29 is 9.47 Å². The number of hydrogen-bond acceptors (Lipinski definition) is 4. The third-order valence-corrected chi connectivity index (χ3v) is 2.57. The second kappa shape index (κ2) is 9.60. The third kappa shape index (κ3) is 5.78. The molecule has 0 saturated carbocycles. The lowest BCUT2D eigenvalue weighted by molar-refractivity contribution is 0.0711. The molecule has 1 rings (SSSR count). The van der Waals surface area contributed by atoms with Crippen LogP contribution in [0.5, 0.6) is 0 Å². The predicted octanol–water partition coefficient (Wildman–Crippen LogP) is 1.89. The Bertz CT molecular complexity index is 349. The fraction of sp³-hybridized carbons (Fsp3) is 0.500. The van der Waals surface area contributed by atoms with E-state index >= 15 is 0 Å². The van der Waals surface area contributed by atoms with E-state index in [1.54, 1.807) is 7.11 Å². The zero-order valence-corrected chi connectivity index (χ0v) is 10.8. The minimum absolute atomic E-state index is 0.0715. The summed E-state index contributed by atoms with van der Waals surface area (Å²) in [4.78, 5) is 0. The Morgan fingerprint density at radius 3 is 2.67 bits per heavy atom. The van der Waals surface area contributed by atoms with Crippen molar-refractivity contribution in [1.82, 2.24) is 5.32 Å². The number of hydrogen-bond donors (Lipinski definition) is 1. The van der Waals surface area contributed by atoms with Crippen LogP contribution < -0.4 is 5.32 Å². The third-order valence-electron chi connectivity index (χ3n) is 2.57. The van der Waals surface area contributed by atoms with Gasteiger partial charge in [0.1, 0.15) is 0 Å². The van der Waals surface area contributed by atoms with Gasteiger partial charge in [-0.1, -0.05) is 30.3 Å². The van der Waals surface area contributed by atoms with E-state index < -0.39 is 0 Å². The molecule has 98 valence electrons. The van der Waals surface area contributed by atoms with Gasteiger partial charge in [-0.15, -0.1) is 0 Å². The molecule has 18 heavy (non-hydrogen) atoms. The van der Waals surface area contributed by atoms with Crippen LogP contribution in [-0.2, 0) is 9.47 Å². The van der Waals surface area contributed by atoms with Crippen LogP contribution in [0, 0.1) is 11.3 Å². The topological polar surface area (TPSA) is 54.3 Å². The molecule has 1 aromatic carbocycles. The van der Waals surface area contributed by atoms with Gasteiger partial charge in [0.25, 0.3) is 0 Å². The number of nitriles is 1. The van der Waals surface area contributed by atoms with Gasteiger partial charge >= 0.3 is 0 Å². The average molecular weight is 248 g/mol. The van der Waals surface area contributed by atoms with Crippen LogP contribution in [0.15, 0.2) is 30.3 Å². The van der Waals surface area contributed by atoms with Gasteiger partial charge in [-0.3, -0.25) is 0 Å². The largest absolute Gasteiger partial charge is 0.382 e. The Labute approximate surface area is 109 Å². The summed E-state index contributed by atoms with van der Waals surface area (Å²) in [5, 5.41) is 12.2. The van der Waals surface area contributed by atoms with Crippen LogP contribution in [0.1, 0.15) is 18.0 Å². The zero-order chi connectivity index (χ0) is 13.1. The first kappa shape index (κ1) is 14.7. The van der Waals surface area contributed by atoms with E-state index in [0.29, 0.717) is 26.2 Å². The molecule has 0 bridgehead atoms. The first-order chi connectivity index (χ1) is 8.88. The van der Waals surface area contributed by atoms with Crippen LogP contribution in [0.2, 0.25) is 0 Å². The van der Waals surface area contributed by atoms with Crippen molar-refractivity contribution in [2.75, 3.05) is 33.5 Å². The van der Waals surface area contributed by atoms with E-state index in [-0.39, 0.29) is 6.04 Å². The summed E-state index contributed by atoms with van der Waals surface area (Å²) in [5.74, 6) is 0. The molecule has 0 aromatic heterocycles. The molecule has 0 aliphatic heterocycles. The van der Waals surface area contributed by atoms with Crippen LogP contribution in [0.25, 0.3) is 0 Å². The molecule has 0 amide bonds. The lowest BCUT2D eigenvalue weighted by Gasteiger charge is -2.16. The molecule has 0 fully saturated rings. The van der Waals surface area contributed by atoms with Crippen molar-refractivity contribution in [3.8, 4) is 6.07 Å². The van der Waals surface area contributed by atoms with Crippen LogP contribution in [-0.4, -0.2) is 33.5 Å². The summed E-state index contributed by atoms with van der Waals surface area (Å²) in [5.41, 5.74) is 1.14. The molecule has 0 aliphatic carbocycles. The van der Waals surface area contributed by atoms with Gasteiger partial charge in [-0.2, -0.15) is 5.26 Å². The van der Waals surface area contributed by atoms with Gasteiger partial charge in [-0.25, -0.2) is 0 Å². The molecule has 1 N–H and O–H groups in total. The summed E-state index contributed by atoms with van der Waals surface area (Å²) in [7, 11) is 1.65. The van der Waals surface area contributed by atoms with Gasteiger partial charge < -0.3 is 14.8 Å². The van der Waals surface area contributed by atoms with Gasteiger partial charge in [0.15, 0.2) is 0 Å². The second-order valence-electron chi connectivity index (χ2n) is 3.88. The first-order valence-electron chi connectivity index (χ1n) is 6.10. The van der Waals surface area contributed by atoms with Crippen molar-refractivity contribution in [1.29, 1.82) is 5.26 Å². The van der Waals surface area contributed by atoms with Crippen LogP contribution >= 0.6 is 0 Å². The number of nitrogens with one attached hydrogen (secondary N) is 1. The van der Waals surface area contributed by atoms with E-state index in [4.69, 9.17) is 14.7 Å². The highest BCUT2D eigenvalue weighted by Gasteiger charge is 2.09. The van der Waals surface area contributed by atoms with Crippen molar-refractivity contribution in [3.05, 3.63) is 35.9 Å². The van der Waals surface area contributed by atoms with E-state index in [1.807, 2.05) is 30.3 Å². The zero-order valence-electron chi connectivity index (χ0n) is 10.8. The van der Waals surface area contributed by atoms with E-state index in [1.165, 1.54) is 0 Å². The fourth-order valence-corrected chi connectivity index (χ4v) is 1.63. The number of nitrogens with zero attached hydrogens (tertiary/aromatic N) is 1. The SMILES string of the molecule is COCCOCCNC(CC#N)c1ccccc1. The Hall–Kier alpha value is -1.41. The highest BCUT2D eigenvalue weighted by Crippen LogP contribution is 2.15. The van der Waals surface area contributed by atoms with Crippen LogP contribution in [0.3, 0.4) is 0 Å². The standard InChI is InChI=1S/C14H20N2O2/c1-17-11-12-18-10-9-16-14(7-8-15)13-5-3-2-4-6-13/h2-6,14,16H,7,9-12H2,1H3. The maximum Gasteiger partial charge on any atom is 0.0700 e. The molecule has 1 atom stereocenters. The smallest absolute Gasteiger partial charge is 0.0700 e. The minimum atomic E-state index is 0.0715. The van der Waals surface area contributed by atoms with Gasteiger partial charge in [0.2, 0.25) is 0 Å². The average Bonchev–Trinajstić information content (AvgIpc) is 2.42. The van der Waals surface area contributed by atoms with Gasteiger partial charge in [-0.05, 0) is 5.56 Å². The molecular formula is C14H20N2O2. The molecular weight excluding hydrogens is 228 g/mol. The molecule has 0 aliphatic rings. The highest BCUT2D eigenvalue weighted by atomic mass is 16.5. The summed E-state index contributed by atoms with van der Waals surface area (Å²) < 4.78 is 10.3. The summed E-state index contributed by atoms with van der Waals surface area (Å²) in [6, 6.07) is 12.3. The van der Waals surface area contributed by atoms with Crippen molar-refractivity contribution in [2.45, 2.75) is 12.5 Å². The van der Waals surface area contributed by atoms with Gasteiger partial charge in [0, 0.05) is 19.7 Å². The Balaban J connectivity index is 2.29. The van der Waals surface area contributed by atoms with Crippen LogP contribution in [0.4, 0.5) is 0 Å². The normalized spacial score (nSPS) is 12.0. The second-order valence-corrected chi connectivity index (χ2v) is 3.88. The number of methoxy groups -OCH3 is 1. The molecule has 1 aromatic rings. The molecule has 0 saturated heterocycles. The highest BCUT2D eigenvalue weighted by molar-refractivity contribution is 5.19. The molecule has 4 heteroatoms. The number of benzene rings is 1. The fourth-order valence-electron chi connectivity index (χ4n) is 1.63. The monoisotopic (exact) mass is 248 g/mol. The maximum absolute atomic E-state index is 8.83. The lowest BCUT2D eigenvalue weighted by Crippen LogP contribution is -2.25. The van der Waals surface area contributed by atoms with E-state index in [2.05, 4.69) is 11.4 Å². The summed E-state index contributed by atoms with van der Waals surface area (Å²) in [6.45, 7) is 2.57. The molecule has 4 nitrogen and oxygen atoms in total. The number of rotatable bonds is 9. The quantitative estimate of drug-likeness (QED) is 0.678. The minimum Gasteiger partial charge on any atom is -0.382 e.